The fraction of sp³-hybridized carbons (Fsp3) is 0.148. The van der Waals surface area contributed by atoms with Crippen molar-refractivity contribution in [3.63, 3.8) is 0 Å². The standard InChI is InChI=1S/C27H26N4O4/c1-3-35-24(33)16-31(17(2)32)21-12-10-20(11-13-21)29-26(18-7-5-4-6-8-18)25-22-15-19(28)9-14-23(22)30-27(25)34/h4-15,30,34H,3,16,28H2,1-2H3. The summed E-state index contributed by atoms with van der Waals surface area (Å²) < 4.78 is 4.98. The minimum Gasteiger partial charge on any atom is -0.494 e. The van der Waals surface area contributed by atoms with E-state index in [1.807, 2.05) is 36.4 Å². The summed E-state index contributed by atoms with van der Waals surface area (Å²) in [6.07, 6.45) is 0. The summed E-state index contributed by atoms with van der Waals surface area (Å²) in [5.74, 6) is -0.771. The lowest BCUT2D eigenvalue weighted by atomic mass is 10.0. The maximum atomic E-state index is 12.1. The Hall–Kier alpha value is -4.59. The first-order valence-electron chi connectivity index (χ1n) is 11.2. The summed E-state index contributed by atoms with van der Waals surface area (Å²) in [7, 11) is 0. The first kappa shape index (κ1) is 23.6. The van der Waals surface area contributed by atoms with Gasteiger partial charge in [0.1, 0.15) is 6.54 Å². The maximum absolute atomic E-state index is 12.1. The molecule has 3 aromatic carbocycles. The highest BCUT2D eigenvalue weighted by atomic mass is 16.5. The quantitative estimate of drug-likeness (QED) is 0.208. The average molecular weight is 471 g/mol. The molecule has 0 spiro atoms. The van der Waals surface area contributed by atoms with Crippen LogP contribution in [0.1, 0.15) is 25.0 Å². The highest BCUT2D eigenvalue weighted by molar-refractivity contribution is 6.22. The third-order valence-electron chi connectivity index (χ3n) is 5.46. The number of nitrogen functional groups attached to an aromatic ring is 1. The highest BCUT2D eigenvalue weighted by Crippen LogP contribution is 2.33. The summed E-state index contributed by atoms with van der Waals surface area (Å²) in [5.41, 5.74) is 10.4. The molecule has 1 amide bonds. The van der Waals surface area contributed by atoms with Crippen LogP contribution in [0.4, 0.5) is 17.1 Å². The number of nitrogens with two attached hydrogens (primary N) is 1. The monoisotopic (exact) mass is 470 g/mol. The fourth-order valence-electron chi connectivity index (χ4n) is 3.85. The molecule has 1 aromatic heterocycles. The van der Waals surface area contributed by atoms with Crippen LogP contribution in [0.5, 0.6) is 5.88 Å². The molecule has 4 aromatic rings. The molecule has 0 unspecified atom stereocenters. The van der Waals surface area contributed by atoms with Crippen LogP contribution in [-0.2, 0) is 14.3 Å². The number of hydrogen-bond donors (Lipinski definition) is 3. The molecule has 0 saturated carbocycles. The van der Waals surface area contributed by atoms with Gasteiger partial charge in [-0.05, 0) is 49.4 Å². The van der Waals surface area contributed by atoms with Gasteiger partial charge >= 0.3 is 5.97 Å². The molecule has 0 bridgehead atoms. The van der Waals surface area contributed by atoms with Crippen molar-refractivity contribution in [2.24, 2.45) is 4.99 Å². The van der Waals surface area contributed by atoms with Crippen LogP contribution < -0.4 is 10.6 Å². The predicted molar refractivity (Wildman–Crippen MR) is 137 cm³/mol. The topological polar surface area (TPSA) is 121 Å². The second-order valence-corrected chi connectivity index (χ2v) is 7.91. The average Bonchev–Trinajstić information content (AvgIpc) is 3.17. The number of aromatic nitrogens is 1. The van der Waals surface area contributed by atoms with E-state index in [1.54, 1.807) is 43.3 Å². The Balaban J connectivity index is 1.77. The Morgan fingerprint density at radius 3 is 2.43 bits per heavy atom. The number of H-pyrrole nitrogens is 1. The van der Waals surface area contributed by atoms with Gasteiger partial charge in [-0.2, -0.15) is 0 Å². The van der Waals surface area contributed by atoms with Crippen molar-refractivity contribution in [1.82, 2.24) is 4.98 Å². The van der Waals surface area contributed by atoms with Crippen molar-refractivity contribution in [1.29, 1.82) is 0 Å². The molecular formula is C27H26N4O4. The molecule has 1 heterocycles. The number of aliphatic imine (C=N–C) groups is 1. The van der Waals surface area contributed by atoms with E-state index in [4.69, 9.17) is 15.5 Å². The van der Waals surface area contributed by atoms with Crippen LogP contribution in [-0.4, -0.2) is 40.8 Å². The number of rotatable bonds is 7. The van der Waals surface area contributed by atoms with E-state index >= 15 is 0 Å². The first-order valence-corrected chi connectivity index (χ1v) is 11.2. The summed E-state index contributed by atoms with van der Waals surface area (Å²) in [5, 5.41) is 11.5. The van der Waals surface area contributed by atoms with E-state index in [-0.39, 0.29) is 24.9 Å². The molecule has 4 N–H and O–H groups in total. The van der Waals surface area contributed by atoms with Crippen LogP contribution in [0.15, 0.2) is 77.8 Å². The number of aromatic amines is 1. The minimum atomic E-state index is -0.481. The molecule has 178 valence electrons. The summed E-state index contributed by atoms with van der Waals surface area (Å²) in [6, 6.07) is 21.8. The first-order chi connectivity index (χ1) is 16.9. The molecular weight excluding hydrogens is 444 g/mol. The van der Waals surface area contributed by atoms with Gasteiger partial charge in [0.15, 0.2) is 5.88 Å². The Kier molecular flexibility index (Phi) is 6.82. The van der Waals surface area contributed by atoms with Gasteiger partial charge in [0, 0.05) is 34.8 Å². The fourth-order valence-corrected chi connectivity index (χ4v) is 3.85. The number of carbonyl (C=O) groups is 2. The highest BCUT2D eigenvalue weighted by Gasteiger charge is 2.20. The Labute approximate surface area is 202 Å². The van der Waals surface area contributed by atoms with Gasteiger partial charge in [-0.15, -0.1) is 0 Å². The van der Waals surface area contributed by atoms with Crippen molar-refractivity contribution < 1.29 is 19.4 Å². The zero-order valence-electron chi connectivity index (χ0n) is 19.5. The number of aromatic hydroxyl groups is 1. The number of esters is 1. The number of fused-ring (bicyclic) bond motifs is 1. The Morgan fingerprint density at radius 1 is 1.06 bits per heavy atom. The largest absolute Gasteiger partial charge is 0.494 e. The van der Waals surface area contributed by atoms with Crippen LogP contribution >= 0.6 is 0 Å². The van der Waals surface area contributed by atoms with Gasteiger partial charge in [0.05, 0.1) is 23.6 Å². The molecule has 0 fully saturated rings. The molecule has 4 rings (SSSR count). The third kappa shape index (κ3) is 5.16. The van der Waals surface area contributed by atoms with Crippen LogP contribution in [0.25, 0.3) is 10.9 Å². The van der Waals surface area contributed by atoms with Gasteiger partial charge in [-0.25, -0.2) is 4.99 Å². The summed E-state index contributed by atoms with van der Waals surface area (Å²) in [6.45, 7) is 3.18. The van der Waals surface area contributed by atoms with Crippen LogP contribution in [0.3, 0.4) is 0 Å². The second-order valence-electron chi connectivity index (χ2n) is 7.91. The Morgan fingerprint density at radius 2 is 1.77 bits per heavy atom. The van der Waals surface area contributed by atoms with Gasteiger partial charge in [-0.1, -0.05) is 30.3 Å². The van der Waals surface area contributed by atoms with E-state index in [0.29, 0.717) is 28.3 Å². The second kappa shape index (κ2) is 10.1. The molecule has 0 radical (unpaired) electrons. The van der Waals surface area contributed by atoms with E-state index in [2.05, 4.69) is 4.98 Å². The van der Waals surface area contributed by atoms with Gasteiger partial charge in [-0.3, -0.25) is 9.59 Å². The number of amides is 1. The smallest absolute Gasteiger partial charge is 0.326 e. The third-order valence-corrected chi connectivity index (χ3v) is 5.46. The van der Waals surface area contributed by atoms with Gasteiger partial charge < -0.3 is 25.5 Å². The minimum absolute atomic E-state index is 0.0120. The van der Waals surface area contributed by atoms with Gasteiger partial charge in [0.2, 0.25) is 5.91 Å². The number of anilines is 2. The van der Waals surface area contributed by atoms with Crippen molar-refractivity contribution in [2.45, 2.75) is 13.8 Å². The number of nitrogens with one attached hydrogen (secondary N) is 1. The maximum Gasteiger partial charge on any atom is 0.326 e. The van der Waals surface area contributed by atoms with Crippen LogP contribution in [0.2, 0.25) is 0 Å². The number of nitrogens with zero attached hydrogens (tertiary/aromatic N) is 2. The lowest BCUT2D eigenvalue weighted by Gasteiger charge is -2.20. The molecule has 0 aliphatic carbocycles. The molecule has 0 saturated heterocycles. The molecule has 0 aliphatic heterocycles. The lowest BCUT2D eigenvalue weighted by molar-refractivity contribution is -0.142. The SMILES string of the molecule is CCOC(=O)CN(C(C)=O)c1ccc(N=C(c2ccccc2)c2c(O)[nH]c3ccc(N)cc23)cc1. The molecule has 8 nitrogen and oxygen atoms in total. The van der Waals surface area contributed by atoms with Crippen LogP contribution in [0, 0.1) is 0 Å². The molecule has 8 heteroatoms. The zero-order valence-corrected chi connectivity index (χ0v) is 19.5. The molecule has 35 heavy (non-hydrogen) atoms. The number of carbonyl (C=O) groups excluding carboxylic acids is 2. The van der Waals surface area contributed by atoms with Crippen molar-refractivity contribution in [3.05, 3.63) is 83.9 Å². The number of hydrogen-bond acceptors (Lipinski definition) is 6. The summed E-state index contributed by atoms with van der Waals surface area (Å²) in [4.78, 5) is 33.2. The van der Waals surface area contributed by atoms with Gasteiger partial charge in [0.25, 0.3) is 0 Å². The predicted octanol–water partition coefficient (Wildman–Crippen LogP) is 4.54. The van der Waals surface area contributed by atoms with Crippen molar-refractivity contribution in [3.8, 4) is 5.88 Å². The molecule has 0 aliphatic rings. The molecule has 0 atom stereocenters. The van der Waals surface area contributed by atoms with E-state index in [1.165, 1.54) is 11.8 Å². The lowest BCUT2D eigenvalue weighted by Crippen LogP contribution is -2.34. The van der Waals surface area contributed by atoms with Crippen molar-refractivity contribution in [2.75, 3.05) is 23.8 Å². The van der Waals surface area contributed by atoms with Crippen molar-refractivity contribution >= 4 is 45.6 Å². The summed E-state index contributed by atoms with van der Waals surface area (Å²) >= 11 is 0. The van der Waals surface area contributed by atoms with E-state index in [9.17, 15) is 14.7 Å². The number of benzene rings is 3. The normalized spacial score (nSPS) is 11.4. The number of ether oxygens (including phenoxy) is 1. The Bertz CT molecular complexity index is 1390. The zero-order chi connectivity index (χ0) is 24.9. The van der Waals surface area contributed by atoms with E-state index < -0.39 is 5.97 Å². The van der Waals surface area contributed by atoms with E-state index in [0.717, 1.165) is 16.5 Å².